The summed E-state index contributed by atoms with van der Waals surface area (Å²) in [5.41, 5.74) is 0. The van der Waals surface area contributed by atoms with Gasteiger partial charge in [-0.3, -0.25) is 0 Å². The molecule has 4 nitrogen and oxygen atoms in total. The van der Waals surface area contributed by atoms with Crippen LogP contribution in [0, 0.1) is 0 Å². The second kappa shape index (κ2) is 7.11. The third-order valence-electron chi connectivity index (χ3n) is 2.84. The Labute approximate surface area is 109 Å². The maximum absolute atomic E-state index is 5.87. The minimum Gasteiger partial charge on any atom is -0.496 e. The van der Waals surface area contributed by atoms with Crippen LogP contribution < -0.4 is 19.5 Å². The van der Waals surface area contributed by atoms with Crippen molar-refractivity contribution in [1.82, 2.24) is 5.32 Å². The van der Waals surface area contributed by atoms with Crippen molar-refractivity contribution < 1.29 is 14.2 Å². The largest absolute Gasteiger partial charge is 0.496 e. The highest BCUT2D eigenvalue weighted by atomic mass is 16.5. The minimum absolute atomic E-state index is 0.129. The van der Waals surface area contributed by atoms with E-state index in [9.17, 15) is 0 Å². The Morgan fingerprint density at radius 3 is 1.94 bits per heavy atom. The summed E-state index contributed by atoms with van der Waals surface area (Å²) in [5.74, 6) is 2.23. The molecule has 0 saturated carbocycles. The van der Waals surface area contributed by atoms with Crippen molar-refractivity contribution in [3.8, 4) is 17.2 Å². The molecule has 1 N–H and O–H groups in total. The Kier molecular flexibility index (Phi) is 5.78. The molecule has 0 saturated heterocycles. The van der Waals surface area contributed by atoms with Crippen LogP contribution in [-0.2, 0) is 0 Å². The van der Waals surface area contributed by atoms with Gasteiger partial charge in [0, 0.05) is 24.2 Å². The van der Waals surface area contributed by atoms with E-state index in [1.54, 1.807) is 14.2 Å². The van der Waals surface area contributed by atoms with Crippen molar-refractivity contribution in [3.63, 3.8) is 0 Å². The van der Waals surface area contributed by atoms with E-state index in [1.807, 2.05) is 25.2 Å². The fraction of sp³-hybridized carbons (Fsp3) is 0.571. The van der Waals surface area contributed by atoms with Crippen LogP contribution >= 0.6 is 0 Å². The number of hydrogen-bond donors (Lipinski definition) is 1. The van der Waals surface area contributed by atoms with Gasteiger partial charge in [0.2, 0.25) is 0 Å². The minimum atomic E-state index is 0.129. The van der Waals surface area contributed by atoms with E-state index in [2.05, 4.69) is 19.2 Å². The van der Waals surface area contributed by atoms with Crippen LogP contribution in [-0.4, -0.2) is 33.4 Å². The molecule has 0 fully saturated rings. The van der Waals surface area contributed by atoms with E-state index >= 15 is 0 Å². The normalized spacial score (nSPS) is 13.8. The van der Waals surface area contributed by atoms with Gasteiger partial charge < -0.3 is 19.5 Å². The van der Waals surface area contributed by atoms with E-state index in [0.717, 1.165) is 23.7 Å². The molecule has 0 bridgehead atoms. The first-order valence-electron chi connectivity index (χ1n) is 6.16. The second-order valence-electron chi connectivity index (χ2n) is 4.40. The molecule has 0 amide bonds. The van der Waals surface area contributed by atoms with Gasteiger partial charge in [-0.2, -0.15) is 0 Å². The number of nitrogens with one attached hydrogen (secondary N) is 1. The van der Waals surface area contributed by atoms with Crippen LogP contribution in [0.3, 0.4) is 0 Å². The summed E-state index contributed by atoms with van der Waals surface area (Å²) in [6.07, 6.45) is 1.07. The van der Waals surface area contributed by atoms with Crippen LogP contribution in [0.1, 0.15) is 20.3 Å². The molecule has 0 aromatic heterocycles. The number of ether oxygens (including phenoxy) is 3. The molecule has 2 atom stereocenters. The lowest BCUT2D eigenvalue weighted by molar-refractivity contribution is 0.196. The average molecular weight is 253 g/mol. The third kappa shape index (κ3) is 4.45. The quantitative estimate of drug-likeness (QED) is 0.810. The van der Waals surface area contributed by atoms with Crippen molar-refractivity contribution in [3.05, 3.63) is 18.2 Å². The predicted octanol–water partition coefficient (Wildman–Crippen LogP) is 2.47. The first kappa shape index (κ1) is 14.6. The van der Waals surface area contributed by atoms with Gasteiger partial charge in [-0.15, -0.1) is 0 Å². The van der Waals surface area contributed by atoms with E-state index in [4.69, 9.17) is 14.2 Å². The molecule has 0 radical (unpaired) electrons. The van der Waals surface area contributed by atoms with Gasteiger partial charge in [0.05, 0.1) is 20.3 Å². The molecule has 1 rings (SSSR count). The van der Waals surface area contributed by atoms with Crippen molar-refractivity contribution in [2.75, 3.05) is 21.3 Å². The molecule has 0 aliphatic carbocycles. The number of rotatable bonds is 7. The molecule has 18 heavy (non-hydrogen) atoms. The standard InChI is InChI=1S/C14H23NO3/c1-10(15-3)6-11(2)18-14-8-12(16-4)7-13(9-14)17-5/h7-11,15H,6H2,1-5H3. The first-order chi connectivity index (χ1) is 8.58. The zero-order valence-corrected chi connectivity index (χ0v) is 11.8. The lowest BCUT2D eigenvalue weighted by Crippen LogP contribution is -2.28. The number of methoxy groups -OCH3 is 2. The number of hydrogen-bond acceptors (Lipinski definition) is 4. The molecule has 0 heterocycles. The maximum Gasteiger partial charge on any atom is 0.127 e. The zero-order valence-electron chi connectivity index (χ0n) is 11.8. The summed E-state index contributed by atoms with van der Waals surface area (Å²) in [5, 5.41) is 3.20. The van der Waals surface area contributed by atoms with Crippen LogP contribution in [0.2, 0.25) is 0 Å². The van der Waals surface area contributed by atoms with Gasteiger partial charge in [-0.25, -0.2) is 0 Å². The van der Waals surface area contributed by atoms with Crippen molar-refractivity contribution in [1.29, 1.82) is 0 Å². The number of benzene rings is 1. The topological polar surface area (TPSA) is 39.7 Å². The van der Waals surface area contributed by atoms with Crippen LogP contribution in [0.4, 0.5) is 0 Å². The summed E-state index contributed by atoms with van der Waals surface area (Å²) in [7, 11) is 5.21. The summed E-state index contributed by atoms with van der Waals surface area (Å²) in [4.78, 5) is 0. The second-order valence-corrected chi connectivity index (χ2v) is 4.40. The summed E-state index contributed by atoms with van der Waals surface area (Å²) in [6.45, 7) is 4.19. The first-order valence-corrected chi connectivity index (χ1v) is 6.16. The summed E-state index contributed by atoms with van der Waals surface area (Å²) >= 11 is 0. The fourth-order valence-electron chi connectivity index (χ4n) is 1.75. The van der Waals surface area contributed by atoms with Gasteiger partial charge in [0.15, 0.2) is 0 Å². The highest BCUT2D eigenvalue weighted by Crippen LogP contribution is 2.28. The lowest BCUT2D eigenvalue weighted by Gasteiger charge is -2.19. The molecule has 102 valence electrons. The Hall–Kier alpha value is -1.42. The van der Waals surface area contributed by atoms with Crippen molar-refractivity contribution in [2.24, 2.45) is 0 Å². The highest BCUT2D eigenvalue weighted by molar-refractivity contribution is 5.42. The molecule has 2 unspecified atom stereocenters. The van der Waals surface area contributed by atoms with Crippen LogP contribution in [0.25, 0.3) is 0 Å². The Balaban J connectivity index is 2.70. The monoisotopic (exact) mass is 253 g/mol. The highest BCUT2D eigenvalue weighted by Gasteiger charge is 2.10. The van der Waals surface area contributed by atoms with Gasteiger partial charge in [0.25, 0.3) is 0 Å². The van der Waals surface area contributed by atoms with Gasteiger partial charge in [0.1, 0.15) is 17.2 Å². The molecular formula is C14H23NO3. The smallest absolute Gasteiger partial charge is 0.127 e. The van der Waals surface area contributed by atoms with E-state index < -0.39 is 0 Å². The van der Waals surface area contributed by atoms with E-state index in [0.29, 0.717) is 6.04 Å². The summed E-state index contributed by atoms with van der Waals surface area (Å²) in [6, 6.07) is 5.98. The Bertz CT molecular complexity index is 346. The zero-order chi connectivity index (χ0) is 13.5. The molecule has 0 aliphatic rings. The van der Waals surface area contributed by atoms with Gasteiger partial charge in [-0.05, 0) is 27.3 Å². The van der Waals surface area contributed by atoms with Gasteiger partial charge >= 0.3 is 0 Å². The molecule has 4 heteroatoms. The lowest BCUT2D eigenvalue weighted by atomic mass is 10.1. The molecule has 1 aromatic carbocycles. The van der Waals surface area contributed by atoms with Crippen molar-refractivity contribution >= 4 is 0 Å². The van der Waals surface area contributed by atoms with Crippen molar-refractivity contribution in [2.45, 2.75) is 32.4 Å². The third-order valence-corrected chi connectivity index (χ3v) is 2.84. The predicted molar refractivity (Wildman–Crippen MR) is 72.8 cm³/mol. The van der Waals surface area contributed by atoms with Gasteiger partial charge in [-0.1, -0.05) is 0 Å². The maximum atomic E-state index is 5.87. The van der Waals surface area contributed by atoms with E-state index in [1.165, 1.54) is 0 Å². The SMILES string of the molecule is CNC(C)CC(C)Oc1cc(OC)cc(OC)c1. The molecular weight excluding hydrogens is 230 g/mol. The van der Waals surface area contributed by atoms with Crippen LogP contribution in [0.15, 0.2) is 18.2 Å². The average Bonchev–Trinajstić information content (AvgIpc) is 2.37. The molecule has 0 aliphatic heterocycles. The molecule has 1 aromatic rings. The van der Waals surface area contributed by atoms with E-state index in [-0.39, 0.29) is 6.10 Å². The Morgan fingerprint density at radius 2 is 1.50 bits per heavy atom. The Morgan fingerprint density at radius 1 is 1.00 bits per heavy atom. The van der Waals surface area contributed by atoms with Crippen LogP contribution in [0.5, 0.6) is 17.2 Å². The fourth-order valence-corrected chi connectivity index (χ4v) is 1.75. The molecule has 0 spiro atoms. The summed E-state index contributed by atoms with van der Waals surface area (Å²) < 4.78 is 16.3.